The fourth-order valence-electron chi connectivity index (χ4n) is 6.46. The molecule has 0 radical (unpaired) electrons. The second-order valence-electron chi connectivity index (χ2n) is 11.1. The van der Waals surface area contributed by atoms with Crippen molar-refractivity contribution < 1.29 is 4.74 Å². The van der Waals surface area contributed by atoms with E-state index in [4.69, 9.17) is 4.74 Å². The molecule has 0 saturated heterocycles. The average molecular weight is 540 g/mol. The summed E-state index contributed by atoms with van der Waals surface area (Å²) in [4.78, 5) is 2.23. The van der Waals surface area contributed by atoms with Crippen LogP contribution in [0.3, 0.4) is 0 Å². The lowest BCUT2D eigenvalue weighted by atomic mass is 9.85. The lowest BCUT2D eigenvalue weighted by molar-refractivity contribution is 0.475. The van der Waals surface area contributed by atoms with Gasteiger partial charge in [0.1, 0.15) is 0 Å². The molecule has 1 heterocycles. The Balaban J connectivity index is 1.36. The second-order valence-corrected chi connectivity index (χ2v) is 11.1. The third kappa shape index (κ3) is 3.88. The maximum atomic E-state index is 6.31. The summed E-state index contributed by atoms with van der Waals surface area (Å²) in [5, 5.41) is 5.02. The summed E-state index contributed by atoms with van der Waals surface area (Å²) < 4.78 is 6.31. The van der Waals surface area contributed by atoms with Gasteiger partial charge in [-0.2, -0.15) is 0 Å². The van der Waals surface area contributed by atoms with Gasteiger partial charge in [-0.15, -0.1) is 0 Å². The van der Waals surface area contributed by atoms with E-state index < -0.39 is 0 Å². The largest absolute Gasteiger partial charge is 0.453 e. The fourth-order valence-corrected chi connectivity index (χ4v) is 6.46. The summed E-state index contributed by atoms with van der Waals surface area (Å²) in [7, 11) is 2.12. The van der Waals surface area contributed by atoms with Crippen molar-refractivity contribution in [2.75, 3.05) is 11.9 Å². The number of nitrogens with zero attached hydrogens (tertiary/aromatic N) is 1. The van der Waals surface area contributed by atoms with Gasteiger partial charge in [0.2, 0.25) is 0 Å². The van der Waals surface area contributed by atoms with Gasteiger partial charge in [-0.25, -0.2) is 0 Å². The van der Waals surface area contributed by atoms with Crippen LogP contribution in [0.25, 0.3) is 54.9 Å². The molecule has 0 aromatic heterocycles. The number of hydrogen-bond donors (Lipinski definition) is 0. The number of ether oxygens (including phenoxy) is 1. The van der Waals surface area contributed by atoms with Gasteiger partial charge in [0.25, 0.3) is 0 Å². The van der Waals surface area contributed by atoms with Crippen LogP contribution in [0, 0.1) is 6.92 Å². The minimum absolute atomic E-state index is 0.875. The van der Waals surface area contributed by atoms with Crippen molar-refractivity contribution in [2.24, 2.45) is 0 Å². The van der Waals surface area contributed by atoms with Crippen molar-refractivity contribution in [1.29, 1.82) is 0 Å². The summed E-state index contributed by atoms with van der Waals surface area (Å²) in [5.74, 6) is 1.76. The van der Waals surface area contributed by atoms with E-state index in [1.807, 2.05) is 12.1 Å². The van der Waals surface area contributed by atoms with E-state index in [0.717, 1.165) is 22.9 Å². The highest BCUT2D eigenvalue weighted by atomic mass is 16.5. The summed E-state index contributed by atoms with van der Waals surface area (Å²) >= 11 is 0. The third-order valence-corrected chi connectivity index (χ3v) is 8.52. The Morgan fingerprint density at radius 1 is 0.429 bits per heavy atom. The normalized spacial score (nSPS) is 12.2. The Morgan fingerprint density at radius 3 is 1.79 bits per heavy atom. The predicted molar refractivity (Wildman–Crippen MR) is 177 cm³/mol. The first-order chi connectivity index (χ1) is 20.7. The second kappa shape index (κ2) is 9.64. The average Bonchev–Trinajstić information content (AvgIpc) is 3.04. The van der Waals surface area contributed by atoms with Crippen LogP contribution in [0.2, 0.25) is 0 Å². The summed E-state index contributed by atoms with van der Waals surface area (Å²) in [6.45, 7) is 2.18. The zero-order valence-corrected chi connectivity index (χ0v) is 23.6. The van der Waals surface area contributed by atoms with E-state index in [9.17, 15) is 0 Å². The summed E-state index contributed by atoms with van der Waals surface area (Å²) in [5.41, 5.74) is 10.8. The molecule has 0 aliphatic carbocycles. The van der Waals surface area contributed by atoms with Gasteiger partial charge in [-0.3, -0.25) is 0 Å². The molecule has 8 rings (SSSR count). The van der Waals surface area contributed by atoms with Crippen LogP contribution in [0.4, 0.5) is 11.4 Å². The molecule has 0 unspecified atom stereocenters. The molecule has 0 atom stereocenters. The molecule has 0 bridgehead atoms. The van der Waals surface area contributed by atoms with E-state index in [-0.39, 0.29) is 0 Å². The smallest absolute Gasteiger partial charge is 0.151 e. The highest BCUT2D eigenvalue weighted by Crippen LogP contribution is 2.49. The maximum Gasteiger partial charge on any atom is 0.151 e. The van der Waals surface area contributed by atoms with E-state index in [0.29, 0.717) is 0 Å². The van der Waals surface area contributed by atoms with Crippen LogP contribution in [0.15, 0.2) is 140 Å². The monoisotopic (exact) mass is 539 g/mol. The molecular formula is C40H29NO. The van der Waals surface area contributed by atoms with Crippen molar-refractivity contribution in [3.05, 3.63) is 145 Å². The summed E-state index contributed by atoms with van der Waals surface area (Å²) in [6, 6.07) is 50.1. The Kier molecular flexibility index (Phi) is 5.61. The quantitative estimate of drug-likeness (QED) is 0.207. The number of benzene rings is 7. The number of hydrogen-bond acceptors (Lipinski definition) is 2. The topological polar surface area (TPSA) is 12.5 Å². The molecule has 42 heavy (non-hydrogen) atoms. The third-order valence-electron chi connectivity index (χ3n) is 8.52. The van der Waals surface area contributed by atoms with Crippen LogP contribution in [0.1, 0.15) is 5.56 Å². The van der Waals surface area contributed by atoms with Crippen LogP contribution >= 0.6 is 0 Å². The Bertz CT molecular complexity index is 2130. The van der Waals surface area contributed by atoms with Gasteiger partial charge in [-0.1, -0.05) is 121 Å². The van der Waals surface area contributed by atoms with Gasteiger partial charge in [0.15, 0.2) is 11.5 Å². The van der Waals surface area contributed by atoms with Crippen LogP contribution < -0.4 is 9.64 Å². The highest BCUT2D eigenvalue weighted by Gasteiger charge is 2.23. The minimum Gasteiger partial charge on any atom is -0.453 e. The molecule has 7 aromatic rings. The Morgan fingerprint density at radius 2 is 1.00 bits per heavy atom. The van der Waals surface area contributed by atoms with Gasteiger partial charge in [0, 0.05) is 7.05 Å². The zero-order chi connectivity index (χ0) is 28.2. The van der Waals surface area contributed by atoms with Crippen molar-refractivity contribution in [3.8, 4) is 44.9 Å². The molecule has 2 nitrogen and oxygen atoms in total. The van der Waals surface area contributed by atoms with Crippen molar-refractivity contribution in [3.63, 3.8) is 0 Å². The van der Waals surface area contributed by atoms with Crippen molar-refractivity contribution >= 4 is 32.9 Å². The van der Waals surface area contributed by atoms with Crippen LogP contribution in [-0.4, -0.2) is 7.05 Å². The fraction of sp³-hybridized carbons (Fsp3) is 0.0500. The number of anilines is 2. The summed E-state index contributed by atoms with van der Waals surface area (Å²) in [6.07, 6.45) is 0. The van der Waals surface area contributed by atoms with Crippen molar-refractivity contribution in [2.45, 2.75) is 6.92 Å². The minimum atomic E-state index is 0.875. The Labute approximate surface area is 246 Å². The number of aryl methyl sites for hydroxylation is 1. The molecule has 200 valence electrons. The molecule has 1 aliphatic rings. The molecule has 7 aromatic carbocycles. The number of para-hydroxylation sites is 2. The van der Waals surface area contributed by atoms with Crippen molar-refractivity contribution in [1.82, 2.24) is 0 Å². The molecular weight excluding hydrogens is 510 g/mol. The molecule has 0 N–H and O–H groups in total. The van der Waals surface area contributed by atoms with Gasteiger partial charge in [0.05, 0.1) is 11.4 Å². The van der Waals surface area contributed by atoms with Crippen LogP contribution in [0.5, 0.6) is 11.5 Å². The highest BCUT2D eigenvalue weighted by molar-refractivity contribution is 6.21. The lowest BCUT2D eigenvalue weighted by Gasteiger charge is -2.30. The molecule has 0 saturated carbocycles. The first kappa shape index (κ1) is 24.5. The zero-order valence-electron chi connectivity index (χ0n) is 23.6. The molecule has 0 spiro atoms. The number of rotatable bonds is 3. The molecule has 2 heteroatoms. The first-order valence-electron chi connectivity index (χ1n) is 14.4. The van der Waals surface area contributed by atoms with Crippen LogP contribution in [-0.2, 0) is 0 Å². The van der Waals surface area contributed by atoms with E-state index >= 15 is 0 Å². The van der Waals surface area contributed by atoms with E-state index in [1.165, 1.54) is 60.5 Å². The Hall–Kier alpha value is -5.34. The van der Waals surface area contributed by atoms with E-state index in [2.05, 4.69) is 146 Å². The first-order valence-corrected chi connectivity index (χ1v) is 14.4. The number of fused-ring (bicyclic) bond motifs is 4. The molecule has 0 fully saturated rings. The predicted octanol–water partition coefficient (Wildman–Crippen LogP) is 11.2. The van der Waals surface area contributed by atoms with Gasteiger partial charge < -0.3 is 9.64 Å². The standard InChI is InChI=1S/C40H29NO/c1-26-16-22-33-34(24-26)40(30-21-23-38-36(25-30)41(2)35-14-8-9-15-37(35)42-38)32-13-7-6-12-31(32)39(33)29-19-17-28(18-20-29)27-10-4-3-5-11-27/h3-25H,1-2H3. The van der Waals surface area contributed by atoms with Gasteiger partial charge >= 0.3 is 0 Å². The van der Waals surface area contributed by atoms with Gasteiger partial charge in [-0.05, 0) is 86.1 Å². The maximum absolute atomic E-state index is 6.31. The molecule has 1 aliphatic heterocycles. The van der Waals surface area contributed by atoms with E-state index in [1.54, 1.807) is 0 Å². The SMILES string of the molecule is Cc1ccc2c(-c3ccc(-c4ccccc4)cc3)c3ccccc3c(-c3ccc4c(c3)N(C)c3ccccc3O4)c2c1. The molecule has 0 amide bonds. The lowest BCUT2D eigenvalue weighted by Crippen LogP contribution is -2.15.